The van der Waals surface area contributed by atoms with Crippen molar-refractivity contribution in [3.8, 4) is 34.4 Å². The second-order valence-electron chi connectivity index (χ2n) is 13.9. The fraction of sp³-hybridized carbons (Fsp3) is 0.525. The highest BCUT2D eigenvalue weighted by atomic mass is 16.5. The van der Waals surface area contributed by atoms with E-state index in [0.717, 1.165) is 97.4 Å². The van der Waals surface area contributed by atoms with E-state index in [1.165, 1.54) is 18.4 Å². The Hall–Kier alpha value is -3.55. The fourth-order valence-corrected chi connectivity index (χ4v) is 6.42. The van der Waals surface area contributed by atoms with Gasteiger partial charge in [0.05, 0.1) is 5.52 Å². The summed E-state index contributed by atoms with van der Waals surface area (Å²) >= 11 is 0. The lowest BCUT2D eigenvalue weighted by Crippen LogP contribution is -2.40. The number of hydrogen-bond acceptors (Lipinski definition) is 6. The maximum atomic E-state index is 6.68. The van der Waals surface area contributed by atoms with Crippen LogP contribution in [0, 0.1) is 0 Å². The number of benzene rings is 3. The molecule has 0 amide bonds. The molecule has 5 rings (SSSR count). The maximum Gasteiger partial charge on any atom is 0.150 e. The zero-order chi connectivity index (χ0) is 33.4. The minimum atomic E-state index is 0.0441. The molecular formula is C40H56N4O3. The Labute approximate surface area is 282 Å². The lowest BCUT2D eigenvalue weighted by molar-refractivity contribution is 0.156. The summed E-state index contributed by atoms with van der Waals surface area (Å²) in [4.78, 5) is 7.76. The predicted molar refractivity (Wildman–Crippen MR) is 194 cm³/mol. The molecule has 1 saturated heterocycles. The number of ether oxygens (including phenoxy) is 3. The molecule has 1 aliphatic heterocycles. The van der Waals surface area contributed by atoms with E-state index in [1.54, 1.807) is 0 Å². The van der Waals surface area contributed by atoms with E-state index >= 15 is 0 Å². The van der Waals surface area contributed by atoms with Crippen LogP contribution >= 0.6 is 0 Å². The van der Waals surface area contributed by atoms with Crippen molar-refractivity contribution in [3.63, 3.8) is 0 Å². The van der Waals surface area contributed by atoms with Crippen molar-refractivity contribution in [2.45, 2.75) is 105 Å². The van der Waals surface area contributed by atoms with Crippen LogP contribution in [0.15, 0.2) is 60.7 Å². The van der Waals surface area contributed by atoms with Gasteiger partial charge in [-0.2, -0.15) is 0 Å². The molecule has 0 radical (unpaired) electrons. The summed E-state index contributed by atoms with van der Waals surface area (Å²) in [5.41, 5.74) is 4.31. The molecule has 7 heteroatoms. The molecule has 0 spiro atoms. The fourth-order valence-electron chi connectivity index (χ4n) is 6.42. The minimum Gasteiger partial charge on any atom is -0.490 e. The number of imidazole rings is 1. The number of nitrogens with zero attached hydrogens (tertiary/aromatic N) is 3. The highest BCUT2D eigenvalue weighted by Gasteiger charge is 2.22. The Morgan fingerprint density at radius 2 is 1.66 bits per heavy atom. The standard InChI is InChI=1S/C40H56N4O3/c1-8-11-23-44-35-27-34(47-36(9-2)29(4)41-10-3)28-37(45-25-24-43-21-12-13-22-43)38(35)42-39(44)30-15-14-16-33(26-30)46-32-19-17-31(18-20-32)40(5,6)7/h14-20,26-29,36,41H,8-13,21-25H2,1-7H3. The SMILES string of the molecule is CCCCn1c(-c2cccc(Oc3ccc(C(C)(C)C)cc3)c2)nc2c(OCCN3CCCC3)cc(OC(CC)C(C)NCC)cc21. The molecule has 47 heavy (non-hydrogen) atoms. The molecule has 0 aliphatic carbocycles. The van der Waals surface area contributed by atoms with Gasteiger partial charge in [-0.25, -0.2) is 4.98 Å². The third-order valence-corrected chi connectivity index (χ3v) is 9.21. The number of nitrogens with one attached hydrogen (secondary N) is 1. The second kappa shape index (κ2) is 16.0. The quantitative estimate of drug-likeness (QED) is 0.132. The molecule has 0 bridgehead atoms. The van der Waals surface area contributed by atoms with Gasteiger partial charge in [0, 0.05) is 36.8 Å². The summed E-state index contributed by atoms with van der Waals surface area (Å²) in [6, 6.07) is 21.1. The van der Waals surface area contributed by atoms with Crippen molar-refractivity contribution < 1.29 is 14.2 Å². The predicted octanol–water partition coefficient (Wildman–Crippen LogP) is 9.22. The van der Waals surface area contributed by atoms with E-state index in [2.05, 4.69) is 112 Å². The van der Waals surface area contributed by atoms with Gasteiger partial charge in [-0.05, 0) is 87.5 Å². The maximum absolute atomic E-state index is 6.68. The van der Waals surface area contributed by atoms with E-state index in [4.69, 9.17) is 19.2 Å². The molecule has 1 aromatic heterocycles. The van der Waals surface area contributed by atoms with Gasteiger partial charge in [-0.15, -0.1) is 0 Å². The van der Waals surface area contributed by atoms with Crippen LogP contribution in [0.25, 0.3) is 22.4 Å². The van der Waals surface area contributed by atoms with Gasteiger partial charge >= 0.3 is 0 Å². The van der Waals surface area contributed by atoms with Crippen LogP contribution in [0.5, 0.6) is 23.0 Å². The Kier molecular flexibility index (Phi) is 11.9. The van der Waals surface area contributed by atoms with Crippen molar-refractivity contribution in [2.24, 2.45) is 0 Å². The molecule has 2 heterocycles. The lowest BCUT2D eigenvalue weighted by atomic mass is 9.87. The van der Waals surface area contributed by atoms with Gasteiger partial charge < -0.3 is 24.1 Å². The third kappa shape index (κ3) is 8.88. The number of aromatic nitrogens is 2. The molecule has 4 aromatic rings. The number of likely N-dealkylation sites (N-methyl/N-ethyl adjacent to an activating group) is 1. The average molecular weight is 641 g/mol. The Bertz CT molecular complexity index is 1570. The summed E-state index contributed by atoms with van der Waals surface area (Å²) < 4.78 is 21.9. The summed E-state index contributed by atoms with van der Waals surface area (Å²) in [7, 11) is 0. The molecule has 7 nitrogen and oxygen atoms in total. The summed E-state index contributed by atoms with van der Waals surface area (Å²) in [6.45, 7) is 21.0. The highest BCUT2D eigenvalue weighted by molar-refractivity contribution is 5.87. The minimum absolute atomic E-state index is 0.0441. The van der Waals surface area contributed by atoms with Crippen LogP contribution in [0.4, 0.5) is 0 Å². The Balaban J connectivity index is 1.51. The number of fused-ring (bicyclic) bond motifs is 1. The molecule has 2 unspecified atom stereocenters. The van der Waals surface area contributed by atoms with Crippen molar-refractivity contribution in [2.75, 3.05) is 32.8 Å². The van der Waals surface area contributed by atoms with Crippen molar-refractivity contribution in [3.05, 3.63) is 66.2 Å². The zero-order valence-corrected chi connectivity index (χ0v) is 29.8. The molecular weight excluding hydrogens is 584 g/mol. The molecule has 1 aliphatic rings. The third-order valence-electron chi connectivity index (χ3n) is 9.21. The Morgan fingerprint density at radius 1 is 0.894 bits per heavy atom. The summed E-state index contributed by atoms with van der Waals surface area (Å²) in [5, 5.41) is 3.54. The number of aryl methyl sites for hydroxylation is 1. The van der Waals surface area contributed by atoms with Gasteiger partial charge in [0.1, 0.15) is 41.3 Å². The van der Waals surface area contributed by atoms with E-state index < -0.39 is 0 Å². The van der Waals surface area contributed by atoms with Gasteiger partial charge in [0.25, 0.3) is 0 Å². The van der Waals surface area contributed by atoms with Crippen LogP contribution in [0.3, 0.4) is 0 Å². The number of hydrogen-bond donors (Lipinski definition) is 1. The number of unbranched alkanes of at least 4 members (excludes halogenated alkanes) is 1. The highest BCUT2D eigenvalue weighted by Crippen LogP contribution is 2.37. The molecule has 2 atom stereocenters. The monoisotopic (exact) mass is 640 g/mol. The molecule has 1 fully saturated rings. The first-order valence-corrected chi connectivity index (χ1v) is 17.9. The zero-order valence-electron chi connectivity index (χ0n) is 29.8. The molecule has 1 N–H and O–H groups in total. The summed E-state index contributed by atoms with van der Waals surface area (Å²) in [6.07, 6.45) is 5.62. The van der Waals surface area contributed by atoms with Crippen LogP contribution in [-0.2, 0) is 12.0 Å². The van der Waals surface area contributed by atoms with Gasteiger partial charge in [0.15, 0.2) is 5.75 Å². The van der Waals surface area contributed by atoms with Crippen molar-refractivity contribution in [1.29, 1.82) is 0 Å². The van der Waals surface area contributed by atoms with Gasteiger partial charge in [-0.3, -0.25) is 4.90 Å². The van der Waals surface area contributed by atoms with E-state index in [0.29, 0.717) is 6.61 Å². The van der Waals surface area contributed by atoms with Gasteiger partial charge in [0.2, 0.25) is 0 Å². The summed E-state index contributed by atoms with van der Waals surface area (Å²) in [5.74, 6) is 4.13. The van der Waals surface area contributed by atoms with Gasteiger partial charge in [-0.1, -0.05) is 72.2 Å². The first-order valence-electron chi connectivity index (χ1n) is 17.9. The smallest absolute Gasteiger partial charge is 0.150 e. The first kappa shape index (κ1) is 34.8. The molecule has 0 saturated carbocycles. The van der Waals surface area contributed by atoms with E-state index in [9.17, 15) is 0 Å². The van der Waals surface area contributed by atoms with Crippen molar-refractivity contribution in [1.82, 2.24) is 19.8 Å². The topological polar surface area (TPSA) is 60.8 Å². The number of likely N-dealkylation sites (tertiary alicyclic amines) is 1. The lowest BCUT2D eigenvalue weighted by Gasteiger charge is -2.25. The Morgan fingerprint density at radius 3 is 2.34 bits per heavy atom. The number of rotatable bonds is 16. The van der Waals surface area contributed by atoms with Crippen LogP contribution in [0.1, 0.15) is 86.1 Å². The normalized spacial score (nSPS) is 15.2. The average Bonchev–Trinajstić information content (AvgIpc) is 3.71. The van der Waals surface area contributed by atoms with Crippen LogP contribution in [-0.4, -0.2) is 59.4 Å². The largest absolute Gasteiger partial charge is 0.490 e. The van der Waals surface area contributed by atoms with Crippen molar-refractivity contribution >= 4 is 11.0 Å². The van der Waals surface area contributed by atoms with E-state index in [1.807, 2.05) is 12.1 Å². The second-order valence-corrected chi connectivity index (χ2v) is 13.9. The molecule has 3 aromatic carbocycles. The van der Waals surface area contributed by atoms with E-state index in [-0.39, 0.29) is 17.6 Å². The van der Waals surface area contributed by atoms with Crippen LogP contribution < -0.4 is 19.5 Å². The first-order chi connectivity index (χ1) is 22.7. The molecule has 254 valence electrons. The van der Waals surface area contributed by atoms with Crippen LogP contribution in [0.2, 0.25) is 0 Å².